The highest BCUT2D eigenvalue weighted by Crippen LogP contribution is 2.49. The molecule has 1 aliphatic rings. The van der Waals surface area contributed by atoms with E-state index in [1.807, 2.05) is 6.07 Å². The highest BCUT2D eigenvalue weighted by molar-refractivity contribution is 6.34. The number of hydrogen-bond donors (Lipinski definition) is 1. The number of alkyl halides is 8. The van der Waals surface area contributed by atoms with Gasteiger partial charge in [0.25, 0.3) is 5.91 Å². The van der Waals surface area contributed by atoms with Crippen LogP contribution in [0.4, 0.5) is 39.9 Å². The van der Waals surface area contributed by atoms with Gasteiger partial charge in [-0.25, -0.2) is 14.2 Å². The molecule has 1 saturated carbocycles. The highest BCUT2D eigenvalue weighted by atomic mass is 35.5. The molecule has 2 heterocycles. The fraction of sp³-hybridized carbons (Fsp3) is 0.469. The minimum atomic E-state index is -6.41. The lowest BCUT2D eigenvalue weighted by molar-refractivity contribution is -0.292. The summed E-state index contributed by atoms with van der Waals surface area (Å²) in [5.74, 6) is -10.2. The average Bonchev–Trinajstić information content (AvgIpc) is 3.55. The maximum Gasteiger partial charge on any atom is 0.510 e. The topological polar surface area (TPSA) is 179 Å². The van der Waals surface area contributed by atoms with Crippen molar-refractivity contribution in [2.75, 3.05) is 19.9 Å². The van der Waals surface area contributed by atoms with Gasteiger partial charge in [0.2, 0.25) is 0 Å². The van der Waals surface area contributed by atoms with Crippen LogP contribution >= 0.6 is 11.6 Å². The first-order valence-electron chi connectivity index (χ1n) is 15.7. The van der Waals surface area contributed by atoms with Crippen LogP contribution in [-0.2, 0) is 42.9 Å². The van der Waals surface area contributed by atoms with E-state index in [2.05, 4.69) is 10.2 Å². The van der Waals surface area contributed by atoms with Crippen molar-refractivity contribution in [3.05, 3.63) is 52.4 Å². The van der Waals surface area contributed by atoms with Crippen molar-refractivity contribution < 1.29 is 73.6 Å². The summed E-state index contributed by atoms with van der Waals surface area (Å²) in [5.41, 5.74) is -7.68. The van der Waals surface area contributed by atoms with Gasteiger partial charge >= 0.3 is 36.4 Å². The second-order valence-electron chi connectivity index (χ2n) is 13.0. The van der Waals surface area contributed by atoms with Crippen molar-refractivity contribution in [1.82, 2.24) is 24.5 Å². The average molecular weight is 813 g/mol. The number of carbonyl (C=O) groups excluding carboxylic acids is 3. The lowest BCUT2D eigenvalue weighted by Crippen LogP contribution is -2.43. The fourth-order valence-corrected chi connectivity index (χ4v) is 5.14. The van der Waals surface area contributed by atoms with E-state index in [4.69, 9.17) is 30.9 Å². The molecule has 0 aliphatic heterocycles. The molecule has 1 fully saturated rings. The molecule has 298 valence electrons. The number of aryl methyl sites for hydroxylation is 1. The predicted molar refractivity (Wildman–Crippen MR) is 168 cm³/mol. The van der Waals surface area contributed by atoms with Gasteiger partial charge in [0, 0.05) is 24.2 Å². The largest absolute Gasteiger partial charge is 0.510 e. The van der Waals surface area contributed by atoms with E-state index in [0.717, 1.165) is 23.4 Å². The predicted octanol–water partition coefficient (Wildman–Crippen LogP) is 6.64. The molecule has 1 N–H and O–H groups in total. The third-order valence-electron chi connectivity index (χ3n) is 8.04. The van der Waals surface area contributed by atoms with Crippen molar-refractivity contribution in [1.29, 1.82) is 5.26 Å². The van der Waals surface area contributed by atoms with Gasteiger partial charge in [-0.15, -0.1) is 0 Å². The van der Waals surface area contributed by atoms with Crippen molar-refractivity contribution in [3.63, 3.8) is 0 Å². The molecule has 0 radical (unpaired) electrons. The van der Waals surface area contributed by atoms with Gasteiger partial charge in [-0.05, 0) is 30.5 Å². The summed E-state index contributed by atoms with van der Waals surface area (Å²) in [6, 6.07) is 5.60. The molecule has 0 bridgehead atoms. The molecule has 4 rings (SSSR count). The van der Waals surface area contributed by atoms with Gasteiger partial charge in [0.05, 0.1) is 42.3 Å². The summed E-state index contributed by atoms with van der Waals surface area (Å²) in [5, 5.41) is 24.9. The van der Waals surface area contributed by atoms with Crippen LogP contribution in [0.15, 0.2) is 30.6 Å². The van der Waals surface area contributed by atoms with Crippen LogP contribution in [0.1, 0.15) is 61.1 Å². The summed E-state index contributed by atoms with van der Waals surface area (Å²) in [4.78, 5) is 49.6. The van der Waals surface area contributed by atoms with Crippen LogP contribution in [-0.4, -0.2) is 85.2 Å². The lowest BCUT2D eigenvalue weighted by atomic mass is 9.96. The van der Waals surface area contributed by atoms with Crippen molar-refractivity contribution >= 4 is 35.6 Å². The van der Waals surface area contributed by atoms with E-state index >= 15 is 0 Å². The molecule has 2 aromatic heterocycles. The van der Waals surface area contributed by atoms with Crippen molar-refractivity contribution in [2.24, 2.45) is 12.5 Å². The van der Waals surface area contributed by atoms with E-state index in [9.17, 15) is 59.6 Å². The number of hydrogen-bond acceptors (Lipinski definition) is 10. The van der Waals surface area contributed by atoms with E-state index in [1.165, 1.54) is 12.1 Å². The summed E-state index contributed by atoms with van der Waals surface area (Å²) in [6.07, 6.45) is -12.1. The normalized spacial score (nSPS) is 14.2. The zero-order chi connectivity index (χ0) is 41.3. The summed E-state index contributed by atoms with van der Waals surface area (Å²) in [7, 11) is 0.710. The molecule has 3 aromatic rings. The Balaban J connectivity index is 1.55. The number of carboxylic acids is 1. The number of aromatic nitrogens is 4. The molecule has 55 heavy (non-hydrogen) atoms. The second kappa shape index (κ2) is 15.3. The first kappa shape index (κ1) is 42.3. The smallest absolute Gasteiger partial charge is 0.481 e. The molecule has 0 unspecified atom stereocenters. The maximum absolute atomic E-state index is 14.2. The third-order valence-corrected chi connectivity index (χ3v) is 8.37. The van der Waals surface area contributed by atoms with Gasteiger partial charge in [0.1, 0.15) is 17.7 Å². The Morgan fingerprint density at radius 1 is 1.00 bits per heavy atom. The van der Waals surface area contributed by atoms with Gasteiger partial charge in [-0.3, -0.25) is 19.3 Å². The van der Waals surface area contributed by atoms with Crippen LogP contribution in [0.2, 0.25) is 5.02 Å². The number of ether oxygens (including phenoxy) is 3. The van der Waals surface area contributed by atoms with Gasteiger partial charge in [-0.1, -0.05) is 31.5 Å². The Hall–Kier alpha value is -5.46. The first-order valence-corrected chi connectivity index (χ1v) is 16.1. The fourth-order valence-electron chi connectivity index (χ4n) is 4.94. The van der Waals surface area contributed by atoms with Crippen LogP contribution in [0.25, 0.3) is 16.9 Å². The van der Waals surface area contributed by atoms with Crippen LogP contribution in [0, 0.1) is 16.7 Å². The van der Waals surface area contributed by atoms with Crippen LogP contribution in [0.3, 0.4) is 0 Å². The summed E-state index contributed by atoms with van der Waals surface area (Å²) in [6.45, 7) is 1.69. The summed E-state index contributed by atoms with van der Waals surface area (Å²) >= 11 is 6.31. The van der Waals surface area contributed by atoms with Crippen molar-refractivity contribution in [2.45, 2.75) is 63.3 Å². The molecular formula is C32H29ClF8N6O8. The zero-order valence-electron chi connectivity index (χ0n) is 28.7. The molecule has 0 spiro atoms. The SMILES string of the molecule is Cn1nc(C(F)(F)C(F)(F)F)c(C(F)(F)F)c1-n1cc(-c2ccc(Cl)c(C(=O)N(COC(=O)OCC(C)(C)COC(=O)CCC(=O)O)C3(C#N)CC3)c2)cn1. The molecular weight excluding hydrogens is 784 g/mol. The number of esters is 1. The molecule has 1 aromatic carbocycles. The number of aliphatic carboxylic acids is 1. The van der Waals surface area contributed by atoms with Gasteiger partial charge < -0.3 is 19.3 Å². The minimum Gasteiger partial charge on any atom is -0.481 e. The number of carbonyl (C=O) groups is 4. The van der Waals surface area contributed by atoms with E-state index < -0.39 is 83.5 Å². The van der Waals surface area contributed by atoms with E-state index in [-0.39, 0.29) is 58.9 Å². The minimum absolute atomic E-state index is 0.0450. The monoisotopic (exact) mass is 812 g/mol. The number of benzene rings is 1. The van der Waals surface area contributed by atoms with Crippen LogP contribution < -0.4 is 0 Å². The zero-order valence-corrected chi connectivity index (χ0v) is 29.5. The molecule has 0 atom stereocenters. The molecule has 14 nitrogen and oxygen atoms in total. The maximum atomic E-state index is 14.2. The third kappa shape index (κ3) is 9.44. The standard InChI is InChI=1S/C32H29ClF8N6O8/c1-28(2,14-53-22(50)7-6-21(48)49)15-54-27(52)55-16-46(29(13-42)8-9-29)26(51)19-10-17(4-5-20(19)33)18-11-43-47(12-18)25-23(31(36,37)38)24(44-45(25)3)30(34,35)32(39,40)41/h4-5,10-12H,6-9,14-16H2,1-3H3,(H,48,49). The summed E-state index contributed by atoms with van der Waals surface area (Å²) < 4.78 is 125. The Morgan fingerprint density at radius 3 is 2.20 bits per heavy atom. The number of nitrogens with zero attached hydrogens (tertiary/aromatic N) is 6. The van der Waals surface area contributed by atoms with Gasteiger partial charge in [0.15, 0.2) is 18.2 Å². The van der Waals surface area contributed by atoms with Crippen LogP contribution in [0.5, 0.6) is 0 Å². The lowest BCUT2D eigenvalue weighted by Gasteiger charge is -2.28. The highest BCUT2D eigenvalue weighted by Gasteiger charge is 2.64. The molecule has 0 saturated heterocycles. The number of carboxylic acid groups (broad SMARTS) is 1. The second-order valence-corrected chi connectivity index (χ2v) is 13.4. The number of nitriles is 1. The Labute approximate surface area is 310 Å². The van der Waals surface area contributed by atoms with E-state index in [0.29, 0.717) is 11.7 Å². The number of halogens is 9. The number of amides is 1. The number of rotatable bonds is 14. The van der Waals surface area contributed by atoms with E-state index in [1.54, 1.807) is 13.8 Å². The molecule has 23 heteroatoms. The Kier molecular flexibility index (Phi) is 11.8. The first-order chi connectivity index (χ1) is 25.3. The Morgan fingerprint density at radius 2 is 1.64 bits per heavy atom. The van der Waals surface area contributed by atoms with Crippen molar-refractivity contribution in [3.8, 4) is 23.0 Å². The van der Waals surface area contributed by atoms with Gasteiger partial charge in [-0.2, -0.15) is 50.6 Å². The quantitative estimate of drug-likeness (QED) is 0.105. The Bertz CT molecular complexity index is 2020. The molecule has 1 aliphatic carbocycles. The molecule has 1 amide bonds.